The Morgan fingerprint density at radius 2 is 0.886 bits per heavy atom. The Morgan fingerprint density at radius 3 is 1.30 bits per heavy atom. The summed E-state index contributed by atoms with van der Waals surface area (Å²) in [5, 5.41) is 9.57. The van der Waals surface area contributed by atoms with Gasteiger partial charge in [0.05, 0.1) is 13.2 Å². The summed E-state index contributed by atoms with van der Waals surface area (Å²) in [6.45, 7) is 5.36. The summed E-state index contributed by atoms with van der Waals surface area (Å²) in [5.41, 5.74) is 0. The van der Waals surface area contributed by atoms with E-state index in [0.717, 1.165) is 19.3 Å². The molecule has 0 spiro atoms. The second-order valence-electron chi connectivity index (χ2n) is 13.4. The molecule has 262 valence electrons. The molecule has 0 aromatic rings. The van der Waals surface area contributed by atoms with Crippen LogP contribution in [0, 0.1) is 0 Å². The van der Waals surface area contributed by atoms with Gasteiger partial charge in [0.15, 0.2) is 0 Å². The van der Waals surface area contributed by atoms with Gasteiger partial charge in [-0.25, -0.2) is 0 Å². The zero-order valence-corrected chi connectivity index (χ0v) is 29.9. The number of hydrogen-bond donors (Lipinski definition) is 1. The zero-order chi connectivity index (χ0) is 32.0. The van der Waals surface area contributed by atoms with E-state index in [9.17, 15) is 9.90 Å². The van der Waals surface area contributed by atoms with E-state index >= 15 is 0 Å². The van der Waals surface area contributed by atoms with Crippen molar-refractivity contribution < 1.29 is 19.4 Å². The Hall–Kier alpha value is -0.870. The van der Waals surface area contributed by atoms with Crippen LogP contribution in [0.15, 0.2) is 12.2 Å². The summed E-state index contributed by atoms with van der Waals surface area (Å²) in [6.07, 6.45) is 44.0. The minimum Gasteiger partial charge on any atom is -0.457 e. The molecule has 0 heterocycles. The first-order valence-corrected chi connectivity index (χ1v) is 19.8. The van der Waals surface area contributed by atoms with E-state index in [4.69, 9.17) is 9.47 Å². The highest BCUT2D eigenvalue weighted by molar-refractivity contribution is 5.69. The van der Waals surface area contributed by atoms with Crippen LogP contribution in [0.3, 0.4) is 0 Å². The number of carbonyl (C=O) groups excluding carboxylic acids is 1. The van der Waals surface area contributed by atoms with Crippen molar-refractivity contribution >= 4 is 5.97 Å². The molecule has 0 aromatic heterocycles. The normalized spacial score (nSPS) is 12.3. The maximum absolute atomic E-state index is 12.2. The van der Waals surface area contributed by atoms with Crippen LogP contribution in [-0.4, -0.2) is 37.0 Å². The Bertz CT molecular complexity index is 576. The lowest BCUT2D eigenvalue weighted by molar-refractivity contribution is -0.154. The predicted octanol–water partition coefficient (Wildman–Crippen LogP) is 12.6. The maximum Gasteiger partial charge on any atom is 0.306 e. The molecule has 0 aromatic carbocycles. The number of carbonyl (C=O) groups is 1. The van der Waals surface area contributed by atoms with Crippen molar-refractivity contribution in [3.05, 3.63) is 12.2 Å². The second kappa shape index (κ2) is 38.3. The van der Waals surface area contributed by atoms with Crippen LogP contribution in [0.25, 0.3) is 0 Å². The lowest BCUT2D eigenvalue weighted by Gasteiger charge is -2.15. The zero-order valence-electron chi connectivity index (χ0n) is 29.9. The lowest BCUT2D eigenvalue weighted by Crippen LogP contribution is -2.27. The van der Waals surface area contributed by atoms with E-state index in [1.165, 1.54) is 173 Å². The van der Waals surface area contributed by atoms with Gasteiger partial charge in [0.2, 0.25) is 0 Å². The van der Waals surface area contributed by atoms with Gasteiger partial charge >= 0.3 is 5.97 Å². The monoisotopic (exact) mass is 623 g/mol. The van der Waals surface area contributed by atoms with E-state index in [0.29, 0.717) is 19.6 Å². The SMILES string of the molecule is CCCCCCCCC/C=C\CCCCCCCCOCC(CO)OC(=O)CCCCCCCCCCCCCCCCC. The number of aliphatic hydroxyl groups is 1. The summed E-state index contributed by atoms with van der Waals surface area (Å²) >= 11 is 0. The van der Waals surface area contributed by atoms with Crippen LogP contribution in [0.5, 0.6) is 0 Å². The average Bonchev–Trinajstić information content (AvgIpc) is 3.03. The van der Waals surface area contributed by atoms with E-state index in [1.807, 2.05) is 0 Å². The number of aliphatic hydroxyl groups excluding tert-OH is 1. The summed E-state index contributed by atoms with van der Waals surface area (Å²) in [6, 6.07) is 0. The van der Waals surface area contributed by atoms with Crippen LogP contribution >= 0.6 is 0 Å². The minimum absolute atomic E-state index is 0.169. The van der Waals surface area contributed by atoms with Gasteiger partial charge in [-0.05, 0) is 38.5 Å². The van der Waals surface area contributed by atoms with Crippen molar-refractivity contribution in [3.63, 3.8) is 0 Å². The number of hydrogen-bond acceptors (Lipinski definition) is 4. The van der Waals surface area contributed by atoms with Gasteiger partial charge in [0.25, 0.3) is 0 Å². The highest BCUT2D eigenvalue weighted by atomic mass is 16.6. The van der Waals surface area contributed by atoms with Crippen molar-refractivity contribution in [2.24, 2.45) is 0 Å². The Balaban J connectivity index is 3.40. The van der Waals surface area contributed by atoms with Gasteiger partial charge in [0.1, 0.15) is 6.10 Å². The number of unbranched alkanes of at least 4 members (excludes halogenated alkanes) is 27. The summed E-state index contributed by atoms with van der Waals surface area (Å²) < 4.78 is 11.1. The third-order valence-corrected chi connectivity index (χ3v) is 8.84. The third-order valence-electron chi connectivity index (χ3n) is 8.84. The van der Waals surface area contributed by atoms with Crippen LogP contribution in [-0.2, 0) is 14.3 Å². The second-order valence-corrected chi connectivity index (χ2v) is 13.4. The highest BCUT2D eigenvalue weighted by Gasteiger charge is 2.13. The Kier molecular flexibility index (Phi) is 37.6. The topological polar surface area (TPSA) is 55.8 Å². The van der Waals surface area contributed by atoms with Gasteiger partial charge in [-0.15, -0.1) is 0 Å². The summed E-state index contributed by atoms with van der Waals surface area (Å²) in [5.74, 6) is -0.199. The number of ether oxygens (including phenoxy) is 2. The molecule has 0 aliphatic heterocycles. The molecule has 0 saturated carbocycles. The maximum atomic E-state index is 12.2. The third kappa shape index (κ3) is 35.6. The van der Waals surface area contributed by atoms with Crippen LogP contribution in [0.4, 0.5) is 0 Å². The molecule has 0 radical (unpaired) electrons. The fraction of sp³-hybridized carbons (Fsp3) is 0.925. The lowest BCUT2D eigenvalue weighted by atomic mass is 10.0. The van der Waals surface area contributed by atoms with E-state index in [1.54, 1.807) is 0 Å². The van der Waals surface area contributed by atoms with Gasteiger partial charge in [-0.3, -0.25) is 4.79 Å². The van der Waals surface area contributed by atoms with Crippen LogP contribution in [0.1, 0.15) is 213 Å². The standard InChI is InChI=1S/C40H78O4/c1-3-5-7-9-11-13-15-17-19-20-22-24-26-28-30-32-34-36-43-38-39(37-41)44-40(42)35-33-31-29-27-25-23-21-18-16-14-12-10-8-6-4-2/h19-20,39,41H,3-18,21-38H2,1-2H3/b20-19-. The van der Waals surface area contributed by atoms with Gasteiger partial charge in [0, 0.05) is 13.0 Å². The largest absolute Gasteiger partial charge is 0.457 e. The van der Waals surface area contributed by atoms with Crippen LogP contribution < -0.4 is 0 Å². The van der Waals surface area contributed by atoms with Gasteiger partial charge < -0.3 is 14.6 Å². The number of esters is 1. The molecule has 1 atom stereocenters. The summed E-state index contributed by atoms with van der Waals surface area (Å²) in [7, 11) is 0. The molecule has 1 unspecified atom stereocenters. The first-order valence-electron chi connectivity index (χ1n) is 19.8. The van der Waals surface area contributed by atoms with Crippen molar-refractivity contribution in [1.82, 2.24) is 0 Å². The Labute approximate surface area is 275 Å². The van der Waals surface area contributed by atoms with E-state index in [2.05, 4.69) is 26.0 Å². The summed E-state index contributed by atoms with van der Waals surface area (Å²) in [4.78, 5) is 12.2. The smallest absolute Gasteiger partial charge is 0.306 e. The van der Waals surface area contributed by atoms with Crippen molar-refractivity contribution in [2.45, 2.75) is 219 Å². The molecule has 0 aliphatic carbocycles. The molecule has 0 rings (SSSR count). The fourth-order valence-electron chi connectivity index (χ4n) is 5.85. The first-order chi connectivity index (χ1) is 21.7. The van der Waals surface area contributed by atoms with Crippen molar-refractivity contribution in [3.8, 4) is 0 Å². The molecule has 0 amide bonds. The number of allylic oxidation sites excluding steroid dienone is 2. The highest BCUT2D eigenvalue weighted by Crippen LogP contribution is 2.14. The van der Waals surface area contributed by atoms with E-state index in [-0.39, 0.29) is 12.6 Å². The average molecular weight is 623 g/mol. The molecule has 0 aliphatic rings. The molecule has 44 heavy (non-hydrogen) atoms. The molecule has 4 heteroatoms. The molecule has 0 bridgehead atoms. The minimum atomic E-state index is -0.530. The van der Waals surface area contributed by atoms with E-state index < -0.39 is 6.10 Å². The molecule has 1 N–H and O–H groups in total. The Morgan fingerprint density at radius 1 is 0.523 bits per heavy atom. The van der Waals surface area contributed by atoms with Crippen molar-refractivity contribution in [2.75, 3.05) is 19.8 Å². The predicted molar refractivity (Wildman–Crippen MR) is 191 cm³/mol. The molecular formula is C40H78O4. The fourth-order valence-corrected chi connectivity index (χ4v) is 5.85. The molecule has 4 nitrogen and oxygen atoms in total. The molecule has 0 fully saturated rings. The number of rotatable bonds is 37. The van der Waals surface area contributed by atoms with Gasteiger partial charge in [-0.1, -0.05) is 180 Å². The molecule has 0 saturated heterocycles. The van der Waals surface area contributed by atoms with Gasteiger partial charge in [-0.2, -0.15) is 0 Å². The quantitative estimate of drug-likeness (QED) is 0.0425. The van der Waals surface area contributed by atoms with Crippen molar-refractivity contribution in [1.29, 1.82) is 0 Å². The van der Waals surface area contributed by atoms with Crippen LogP contribution in [0.2, 0.25) is 0 Å². The first kappa shape index (κ1) is 43.1. The molecular weight excluding hydrogens is 544 g/mol.